The first-order valence-electron chi connectivity index (χ1n) is 9.89. The van der Waals surface area contributed by atoms with Crippen LogP contribution in [0.15, 0.2) is 36.4 Å². The summed E-state index contributed by atoms with van der Waals surface area (Å²) in [5.41, 5.74) is 1.63. The number of aryl methyl sites for hydroxylation is 1. The van der Waals surface area contributed by atoms with Crippen molar-refractivity contribution in [1.29, 1.82) is 0 Å². The Labute approximate surface area is 184 Å². The SMILES string of the molecule is Cc1cc2nn(-c3ccc(C(C)C)cc3)nc2cc1NC(=O)c1c(F)c(F)c(F)c(F)c1F. The predicted octanol–water partition coefficient (Wildman–Crippen LogP) is 5.80. The molecule has 0 unspecified atom stereocenters. The number of carbonyl (C=O) groups is 1. The predicted molar refractivity (Wildman–Crippen MR) is 112 cm³/mol. The lowest BCUT2D eigenvalue weighted by Gasteiger charge is -2.11. The Kier molecular flexibility index (Phi) is 5.61. The van der Waals surface area contributed by atoms with Crippen LogP contribution in [-0.2, 0) is 0 Å². The molecule has 1 heterocycles. The summed E-state index contributed by atoms with van der Waals surface area (Å²) in [6.07, 6.45) is 0. The molecule has 0 saturated carbocycles. The highest BCUT2D eigenvalue weighted by Gasteiger charge is 2.30. The van der Waals surface area contributed by atoms with E-state index in [-0.39, 0.29) is 5.69 Å². The quantitative estimate of drug-likeness (QED) is 0.238. The van der Waals surface area contributed by atoms with Crippen LogP contribution < -0.4 is 5.32 Å². The average Bonchev–Trinajstić information content (AvgIpc) is 3.19. The first-order valence-corrected chi connectivity index (χ1v) is 9.89. The van der Waals surface area contributed by atoms with Crippen LogP contribution in [0.25, 0.3) is 16.7 Å². The minimum atomic E-state index is -2.34. The molecule has 5 nitrogen and oxygen atoms in total. The fourth-order valence-electron chi connectivity index (χ4n) is 3.30. The third kappa shape index (κ3) is 3.92. The topological polar surface area (TPSA) is 59.8 Å². The molecule has 10 heteroatoms. The molecule has 4 rings (SSSR count). The minimum absolute atomic E-state index is 0.0821. The first kappa shape index (κ1) is 22.4. The van der Waals surface area contributed by atoms with Crippen molar-refractivity contribution in [3.05, 3.63) is 82.2 Å². The van der Waals surface area contributed by atoms with Crippen molar-refractivity contribution in [2.24, 2.45) is 0 Å². The molecule has 4 aromatic rings. The maximum Gasteiger partial charge on any atom is 0.261 e. The molecular formula is C23H17F5N4O. The summed E-state index contributed by atoms with van der Waals surface area (Å²) in [4.78, 5) is 13.8. The number of anilines is 1. The Morgan fingerprint density at radius 3 is 1.91 bits per heavy atom. The largest absolute Gasteiger partial charge is 0.321 e. The van der Waals surface area contributed by atoms with Gasteiger partial charge < -0.3 is 5.32 Å². The summed E-state index contributed by atoms with van der Waals surface area (Å²) in [5.74, 6) is -12.3. The normalized spacial score (nSPS) is 11.4. The second kappa shape index (κ2) is 8.27. The molecule has 0 aliphatic carbocycles. The van der Waals surface area contributed by atoms with Gasteiger partial charge in [-0.1, -0.05) is 26.0 Å². The van der Waals surface area contributed by atoms with Crippen LogP contribution in [0.2, 0.25) is 0 Å². The van der Waals surface area contributed by atoms with Crippen LogP contribution in [0, 0.1) is 36.0 Å². The molecule has 3 aromatic carbocycles. The van der Waals surface area contributed by atoms with Crippen LogP contribution in [0.3, 0.4) is 0 Å². The van der Waals surface area contributed by atoms with E-state index in [1.807, 2.05) is 24.3 Å². The van der Waals surface area contributed by atoms with Gasteiger partial charge in [-0.3, -0.25) is 4.79 Å². The molecule has 0 aliphatic heterocycles. The summed E-state index contributed by atoms with van der Waals surface area (Å²) in [5, 5.41) is 10.9. The van der Waals surface area contributed by atoms with Crippen molar-refractivity contribution in [2.75, 3.05) is 5.32 Å². The first-order chi connectivity index (χ1) is 15.6. The Balaban J connectivity index is 1.68. The van der Waals surface area contributed by atoms with E-state index in [2.05, 4.69) is 29.4 Å². The number of hydrogen-bond acceptors (Lipinski definition) is 3. The summed E-state index contributed by atoms with van der Waals surface area (Å²) in [6, 6.07) is 10.6. The van der Waals surface area contributed by atoms with E-state index in [0.29, 0.717) is 28.2 Å². The van der Waals surface area contributed by atoms with E-state index in [4.69, 9.17) is 0 Å². The number of fused-ring (bicyclic) bond motifs is 1. The second-order valence-corrected chi connectivity index (χ2v) is 7.79. The smallest absolute Gasteiger partial charge is 0.261 e. The molecule has 33 heavy (non-hydrogen) atoms. The maximum atomic E-state index is 14.0. The van der Waals surface area contributed by atoms with Crippen molar-refractivity contribution >= 4 is 22.6 Å². The molecule has 0 aliphatic rings. The Hall–Kier alpha value is -3.82. The van der Waals surface area contributed by atoms with Gasteiger partial charge in [0.05, 0.1) is 5.69 Å². The van der Waals surface area contributed by atoms with E-state index in [1.165, 1.54) is 10.9 Å². The van der Waals surface area contributed by atoms with Gasteiger partial charge in [-0.05, 0) is 48.2 Å². The standard InChI is InChI=1S/C23H17F5N4O/c1-10(2)12-4-6-13(7-5-12)32-30-15-8-11(3)14(9-16(15)31-32)29-23(33)17-18(24)20(26)22(28)21(27)19(17)25/h4-10H,1-3H3,(H,29,33). The Bertz CT molecular complexity index is 1370. The molecule has 0 radical (unpaired) electrons. The number of benzene rings is 3. The van der Waals surface area contributed by atoms with Crippen LogP contribution in [0.5, 0.6) is 0 Å². The summed E-state index contributed by atoms with van der Waals surface area (Å²) >= 11 is 0. The number of hydrogen-bond donors (Lipinski definition) is 1. The van der Waals surface area contributed by atoms with Crippen LogP contribution in [-0.4, -0.2) is 20.9 Å². The number of aromatic nitrogens is 3. The van der Waals surface area contributed by atoms with Crippen LogP contribution in [0.4, 0.5) is 27.6 Å². The van der Waals surface area contributed by atoms with Gasteiger partial charge in [0, 0.05) is 5.69 Å². The number of amides is 1. The zero-order valence-corrected chi connectivity index (χ0v) is 17.7. The molecule has 1 N–H and O–H groups in total. The van der Waals surface area contributed by atoms with Gasteiger partial charge in [0.1, 0.15) is 16.6 Å². The van der Waals surface area contributed by atoms with Gasteiger partial charge in [0.15, 0.2) is 23.3 Å². The summed E-state index contributed by atoms with van der Waals surface area (Å²) in [6.45, 7) is 5.73. The fraction of sp³-hybridized carbons (Fsp3) is 0.174. The van der Waals surface area contributed by atoms with Gasteiger partial charge in [0.2, 0.25) is 5.82 Å². The number of nitrogens with zero attached hydrogens (tertiary/aromatic N) is 3. The average molecular weight is 460 g/mol. The lowest BCUT2D eigenvalue weighted by Crippen LogP contribution is -2.19. The molecule has 0 atom stereocenters. The summed E-state index contributed by atoms with van der Waals surface area (Å²) in [7, 11) is 0. The molecule has 170 valence electrons. The molecule has 0 fully saturated rings. The van der Waals surface area contributed by atoms with Crippen LogP contribution >= 0.6 is 0 Å². The monoisotopic (exact) mass is 460 g/mol. The van der Waals surface area contributed by atoms with E-state index in [0.717, 1.165) is 5.56 Å². The fourth-order valence-corrected chi connectivity index (χ4v) is 3.30. The van der Waals surface area contributed by atoms with Crippen molar-refractivity contribution < 1.29 is 26.7 Å². The molecule has 0 spiro atoms. The highest BCUT2D eigenvalue weighted by atomic mass is 19.2. The highest BCUT2D eigenvalue weighted by Crippen LogP contribution is 2.27. The molecule has 1 amide bonds. The highest BCUT2D eigenvalue weighted by molar-refractivity contribution is 6.05. The number of nitrogens with one attached hydrogen (secondary N) is 1. The van der Waals surface area contributed by atoms with Crippen molar-refractivity contribution in [1.82, 2.24) is 15.0 Å². The second-order valence-electron chi connectivity index (χ2n) is 7.79. The van der Waals surface area contributed by atoms with Gasteiger partial charge in [-0.25, -0.2) is 22.0 Å². The van der Waals surface area contributed by atoms with Gasteiger partial charge >= 0.3 is 0 Å². The van der Waals surface area contributed by atoms with E-state index >= 15 is 0 Å². The van der Waals surface area contributed by atoms with Crippen LogP contribution in [0.1, 0.15) is 41.3 Å². The lowest BCUT2D eigenvalue weighted by atomic mass is 10.0. The minimum Gasteiger partial charge on any atom is -0.321 e. The number of halogens is 5. The Morgan fingerprint density at radius 2 is 1.36 bits per heavy atom. The third-order valence-corrected chi connectivity index (χ3v) is 5.20. The van der Waals surface area contributed by atoms with Gasteiger partial charge in [0.25, 0.3) is 5.91 Å². The van der Waals surface area contributed by atoms with E-state index < -0.39 is 40.6 Å². The zero-order valence-electron chi connectivity index (χ0n) is 17.7. The molecule has 0 bridgehead atoms. The molecular weight excluding hydrogens is 443 g/mol. The van der Waals surface area contributed by atoms with E-state index in [9.17, 15) is 26.7 Å². The number of carbonyl (C=O) groups excluding carboxylic acids is 1. The van der Waals surface area contributed by atoms with E-state index in [1.54, 1.807) is 13.0 Å². The zero-order chi connectivity index (χ0) is 24.0. The molecule has 0 saturated heterocycles. The van der Waals surface area contributed by atoms with Gasteiger partial charge in [-0.2, -0.15) is 4.80 Å². The van der Waals surface area contributed by atoms with Crippen molar-refractivity contribution in [3.8, 4) is 5.69 Å². The third-order valence-electron chi connectivity index (χ3n) is 5.20. The van der Waals surface area contributed by atoms with Crippen molar-refractivity contribution in [3.63, 3.8) is 0 Å². The van der Waals surface area contributed by atoms with Gasteiger partial charge in [-0.15, -0.1) is 10.2 Å². The van der Waals surface area contributed by atoms with Crippen molar-refractivity contribution in [2.45, 2.75) is 26.7 Å². The lowest BCUT2D eigenvalue weighted by molar-refractivity contribution is 0.101. The molecule has 1 aromatic heterocycles. The summed E-state index contributed by atoms with van der Waals surface area (Å²) < 4.78 is 68.1. The Morgan fingerprint density at radius 1 is 0.848 bits per heavy atom. The maximum absolute atomic E-state index is 14.0. The number of rotatable bonds is 4.